The van der Waals surface area contributed by atoms with E-state index in [1.165, 1.54) is 11.1 Å². The third-order valence-corrected chi connectivity index (χ3v) is 5.11. The van der Waals surface area contributed by atoms with Gasteiger partial charge in [-0.25, -0.2) is 0 Å². The molecule has 1 fully saturated rings. The molecule has 1 aliphatic rings. The first-order valence-corrected chi connectivity index (χ1v) is 10.6. The quantitative estimate of drug-likeness (QED) is 0.193. The van der Waals surface area contributed by atoms with E-state index in [9.17, 15) is 0 Å². The van der Waals surface area contributed by atoms with E-state index in [2.05, 4.69) is 58.6 Å². The molecule has 0 saturated carbocycles. The van der Waals surface area contributed by atoms with Gasteiger partial charge in [-0.2, -0.15) is 0 Å². The van der Waals surface area contributed by atoms with Gasteiger partial charge in [0.1, 0.15) is 0 Å². The van der Waals surface area contributed by atoms with Crippen molar-refractivity contribution in [1.29, 1.82) is 0 Å². The zero-order valence-corrected chi connectivity index (χ0v) is 20.6. The molecule has 0 amide bonds. The van der Waals surface area contributed by atoms with Crippen LogP contribution in [0.2, 0.25) is 0 Å². The lowest BCUT2D eigenvalue weighted by Crippen LogP contribution is -2.37. The molecular weight excluding hydrogens is 479 g/mol. The Morgan fingerprint density at radius 1 is 1.24 bits per heavy atom. The smallest absolute Gasteiger partial charge is 0.191 e. The average Bonchev–Trinajstić information content (AvgIpc) is 3.24. The van der Waals surface area contributed by atoms with E-state index in [0.29, 0.717) is 5.92 Å². The van der Waals surface area contributed by atoms with Crippen LogP contribution >= 0.6 is 24.0 Å². The van der Waals surface area contributed by atoms with Gasteiger partial charge in [0.25, 0.3) is 0 Å². The maximum atomic E-state index is 5.74. The SMILES string of the molecule is CCN(CC)Cc1cccc(CNC(=NC)NCCCOCC2CCOC2)c1.I. The van der Waals surface area contributed by atoms with Gasteiger partial charge in [-0.3, -0.25) is 9.89 Å². The van der Waals surface area contributed by atoms with Crippen molar-refractivity contribution in [3.8, 4) is 0 Å². The number of halogens is 1. The molecule has 1 aliphatic heterocycles. The van der Waals surface area contributed by atoms with Crippen LogP contribution in [-0.2, 0) is 22.6 Å². The average molecular weight is 518 g/mol. The van der Waals surface area contributed by atoms with Crippen molar-refractivity contribution in [2.45, 2.75) is 39.8 Å². The van der Waals surface area contributed by atoms with Crippen LogP contribution in [0, 0.1) is 5.92 Å². The zero-order chi connectivity index (χ0) is 20.0. The van der Waals surface area contributed by atoms with E-state index in [0.717, 1.165) is 78.0 Å². The predicted octanol–water partition coefficient (Wildman–Crippen LogP) is 3.25. The summed E-state index contributed by atoms with van der Waals surface area (Å²) >= 11 is 0. The third kappa shape index (κ3) is 10.6. The molecule has 1 saturated heterocycles. The standard InChI is InChI=1S/C22H38N4O2.HI/c1-4-26(5-2)16-20-9-6-8-19(14-20)15-25-22(23-3)24-11-7-12-27-17-21-10-13-28-18-21;/h6,8-9,14,21H,4-5,7,10-13,15-18H2,1-3H3,(H2,23,24,25);1H. The van der Waals surface area contributed by atoms with E-state index >= 15 is 0 Å². The first-order valence-electron chi connectivity index (χ1n) is 10.6. The number of benzene rings is 1. The molecule has 2 N–H and O–H groups in total. The summed E-state index contributed by atoms with van der Waals surface area (Å²) in [6.45, 7) is 12.5. The lowest BCUT2D eigenvalue weighted by Gasteiger charge is -2.18. The van der Waals surface area contributed by atoms with Crippen molar-refractivity contribution in [2.75, 3.05) is 53.1 Å². The van der Waals surface area contributed by atoms with E-state index in [4.69, 9.17) is 9.47 Å². The fourth-order valence-electron chi connectivity index (χ4n) is 3.30. The van der Waals surface area contributed by atoms with Gasteiger partial charge >= 0.3 is 0 Å². The number of hydrogen-bond donors (Lipinski definition) is 2. The van der Waals surface area contributed by atoms with Crippen molar-refractivity contribution in [2.24, 2.45) is 10.9 Å². The molecule has 1 heterocycles. The highest BCUT2D eigenvalue weighted by Gasteiger charge is 2.15. The molecule has 0 spiro atoms. The predicted molar refractivity (Wildman–Crippen MR) is 131 cm³/mol. The second-order valence-corrected chi connectivity index (χ2v) is 7.29. The van der Waals surface area contributed by atoms with E-state index < -0.39 is 0 Å². The highest BCUT2D eigenvalue weighted by molar-refractivity contribution is 14.0. The molecule has 0 bridgehead atoms. The fourth-order valence-corrected chi connectivity index (χ4v) is 3.30. The molecular formula is C22H39IN4O2. The number of guanidine groups is 1. The van der Waals surface area contributed by atoms with Crippen LogP contribution in [-0.4, -0.2) is 64.0 Å². The highest BCUT2D eigenvalue weighted by atomic mass is 127. The van der Waals surface area contributed by atoms with Gasteiger partial charge in [-0.05, 0) is 37.1 Å². The summed E-state index contributed by atoms with van der Waals surface area (Å²) in [5.74, 6) is 1.42. The topological polar surface area (TPSA) is 58.1 Å². The molecule has 1 aromatic rings. The Hall–Kier alpha value is -0.900. The normalized spacial score (nSPS) is 16.7. The first kappa shape index (κ1) is 26.1. The fraction of sp³-hybridized carbons (Fsp3) is 0.682. The van der Waals surface area contributed by atoms with Crippen LogP contribution < -0.4 is 10.6 Å². The van der Waals surface area contributed by atoms with E-state index in [1.807, 2.05) is 7.05 Å². The summed E-state index contributed by atoms with van der Waals surface area (Å²) in [6.07, 6.45) is 2.10. The van der Waals surface area contributed by atoms with Gasteiger partial charge in [0, 0.05) is 45.8 Å². The summed E-state index contributed by atoms with van der Waals surface area (Å²) in [4.78, 5) is 6.74. The number of aliphatic imine (C=N–C) groups is 1. The van der Waals surface area contributed by atoms with E-state index in [1.54, 1.807) is 0 Å². The molecule has 2 rings (SSSR count). The maximum absolute atomic E-state index is 5.74. The summed E-state index contributed by atoms with van der Waals surface area (Å²) in [5, 5.41) is 6.76. The van der Waals surface area contributed by atoms with Crippen LogP contribution in [0.5, 0.6) is 0 Å². The number of nitrogens with zero attached hydrogens (tertiary/aromatic N) is 2. The van der Waals surface area contributed by atoms with Gasteiger partial charge in [0.2, 0.25) is 0 Å². The van der Waals surface area contributed by atoms with Crippen molar-refractivity contribution in [3.05, 3.63) is 35.4 Å². The van der Waals surface area contributed by atoms with Crippen LogP contribution in [0.25, 0.3) is 0 Å². The molecule has 0 aromatic heterocycles. The lowest BCUT2D eigenvalue weighted by molar-refractivity contribution is 0.0888. The van der Waals surface area contributed by atoms with Crippen molar-refractivity contribution in [1.82, 2.24) is 15.5 Å². The largest absolute Gasteiger partial charge is 0.381 e. The second-order valence-electron chi connectivity index (χ2n) is 7.29. The van der Waals surface area contributed by atoms with Gasteiger partial charge < -0.3 is 20.1 Å². The molecule has 6 nitrogen and oxygen atoms in total. The van der Waals surface area contributed by atoms with Crippen LogP contribution in [0.3, 0.4) is 0 Å². The molecule has 0 radical (unpaired) electrons. The first-order chi connectivity index (χ1) is 13.7. The Morgan fingerprint density at radius 2 is 2.03 bits per heavy atom. The third-order valence-electron chi connectivity index (χ3n) is 5.11. The molecule has 166 valence electrons. The Bertz CT molecular complexity index is 576. The summed E-state index contributed by atoms with van der Waals surface area (Å²) in [5.41, 5.74) is 2.63. The molecule has 29 heavy (non-hydrogen) atoms. The minimum absolute atomic E-state index is 0. The van der Waals surface area contributed by atoms with Crippen LogP contribution in [0.1, 0.15) is 37.8 Å². The maximum Gasteiger partial charge on any atom is 0.191 e. The zero-order valence-electron chi connectivity index (χ0n) is 18.3. The van der Waals surface area contributed by atoms with Crippen molar-refractivity contribution in [3.63, 3.8) is 0 Å². The Balaban J connectivity index is 0.00000420. The van der Waals surface area contributed by atoms with Gasteiger partial charge in [-0.1, -0.05) is 38.1 Å². The monoisotopic (exact) mass is 518 g/mol. The van der Waals surface area contributed by atoms with E-state index in [-0.39, 0.29) is 24.0 Å². The van der Waals surface area contributed by atoms with Crippen LogP contribution in [0.15, 0.2) is 29.3 Å². The molecule has 7 heteroatoms. The summed E-state index contributed by atoms with van der Waals surface area (Å²) in [6, 6.07) is 8.77. The van der Waals surface area contributed by atoms with Gasteiger partial charge in [-0.15, -0.1) is 24.0 Å². The van der Waals surface area contributed by atoms with Crippen molar-refractivity contribution < 1.29 is 9.47 Å². The molecule has 1 atom stereocenters. The Labute approximate surface area is 193 Å². The molecule has 1 aromatic carbocycles. The Morgan fingerprint density at radius 3 is 2.72 bits per heavy atom. The minimum Gasteiger partial charge on any atom is -0.381 e. The minimum atomic E-state index is 0. The number of hydrogen-bond acceptors (Lipinski definition) is 4. The number of rotatable bonds is 12. The molecule has 1 unspecified atom stereocenters. The number of ether oxygens (including phenoxy) is 2. The summed E-state index contributed by atoms with van der Waals surface area (Å²) in [7, 11) is 1.81. The van der Waals surface area contributed by atoms with Gasteiger partial charge in [0.15, 0.2) is 5.96 Å². The number of nitrogens with one attached hydrogen (secondary N) is 2. The lowest BCUT2D eigenvalue weighted by atomic mass is 10.1. The Kier molecular flexibility index (Phi) is 14.3. The second kappa shape index (κ2) is 15.9. The van der Waals surface area contributed by atoms with Gasteiger partial charge in [0.05, 0.1) is 13.2 Å². The highest BCUT2D eigenvalue weighted by Crippen LogP contribution is 2.12. The van der Waals surface area contributed by atoms with Crippen molar-refractivity contribution >= 4 is 29.9 Å². The summed E-state index contributed by atoms with van der Waals surface area (Å²) < 4.78 is 11.1. The van der Waals surface area contributed by atoms with Crippen LogP contribution in [0.4, 0.5) is 0 Å². The molecule has 0 aliphatic carbocycles.